The molecule has 0 N–H and O–H groups in total. The van der Waals surface area contributed by atoms with Crippen molar-refractivity contribution in [2.24, 2.45) is 0 Å². The van der Waals surface area contributed by atoms with Crippen LogP contribution in [0.1, 0.15) is 25.3 Å². The van der Waals surface area contributed by atoms with Crippen LogP contribution in [0.5, 0.6) is 11.5 Å². The number of unbranched alkanes of at least 4 members (excludes halogenated alkanes) is 1. The molecule has 0 saturated carbocycles. The summed E-state index contributed by atoms with van der Waals surface area (Å²) in [5.74, 6) is 1.70. The predicted molar refractivity (Wildman–Crippen MR) is 77.5 cm³/mol. The van der Waals surface area contributed by atoms with Crippen molar-refractivity contribution in [3.8, 4) is 11.5 Å². The molecule has 0 atom stereocenters. The van der Waals surface area contributed by atoms with Crippen LogP contribution in [-0.4, -0.2) is 6.61 Å². The van der Waals surface area contributed by atoms with Crippen LogP contribution < -0.4 is 4.74 Å². The molecule has 0 saturated heterocycles. The van der Waals surface area contributed by atoms with Gasteiger partial charge in [-0.25, -0.2) is 0 Å². The molecule has 2 heteroatoms. The third-order valence-electron chi connectivity index (χ3n) is 2.79. The van der Waals surface area contributed by atoms with Crippen molar-refractivity contribution in [1.82, 2.24) is 0 Å². The minimum Gasteiger partial charge on any atom is -0.457 e. The van der Waals surface area contributed by atoms with E-state index in [2.05, 4.69) is 13.0 Å². The summed E-state index contributed by atoms with van der Waals surface area (Å²) in [5, 5.41) is 0. The Balaban J connectivity index is 1.91. The Morgan fingerprint density at radius 3 is 2.47 bits per heavy atom. The van der Waals surface area contributed by atoms with Crippen LogP contribution >= 0.6 is 0 Å². The zero-order valence-electron chi connectivity index (χ0n) is 11.3. The molecule has 0 fully saturated rings. The third-order valence-corrected chi connectivity index (χ3v) is 2.79. The Morgan fingerprint density at radius 2 is 1.68 bits per heavy atom. The molecule has 0 aliphatic carbocycles. The molecule has 0 bridgehead atoms. The molecule has 0 aliphatic rings. The minimum absolute atomic E-state index is 0.645. The smallest absolute Gasteiger partial charge is 0.127 e. The van der Waals surface area contributed by atoms with Crippen molar-refractivity contribution >= 4 is 0 Å². The summed E-state index contributed by atoms with van der Waals surface area (Å²) >= 11 is 0. The van der Waals surface area contributed by atoms with E-state index in [1.807, 2.05) is 48.5 Å². The summed E-state index contributed by atoms with van der Waals surface area (Å²) in [6.45, 7) is 3.63. The van der Waals surface area contributed by atoms with Crippen molar-refractivity contribution in [2.75, 3.05) is 6.61 Å². The van der Waals surface area contributed by atoms with Gasteiger partial charge < -0.3 is 9.47 Å². The Bertz CT molecular complexity index is 480. The summed E-state index contributed by atoms with van der Waals surface area (Å²) in [4.78, 5) is 0. The van der Waals surface area contributed by atoms with Gasteiger partial charge in [-0.2, -0.15) is 0 Å². The number of hydrogen-bond acceptors (Lipinski definition) is 2. The average Bonchev–Trinajstić information content (AvgIpc) is 2.45. The van der Waals surface area contributed by atoms with E-state index in [1.165, 1.54) is 0 Å². The van der Waals surface area contributed by atoms with Crippen LogP contribution in [-0.2, 0) is 11.3 Å². The monoisotopic (exact) mass is 256 g/mol. The average molecular weight is 256 g/mol. The largest absolute Gasteiger partial charge is 0.457 e. The summed E-state index contributed by atoms with van der Waals surface area (Å²) in [5.41, 5.74) is 1.14. The van der Waals surface area contributed by atoms with Gasteiger partial charge in [-0.3, -0.25) is 0 Å². The number of rotatable bonds is 7. The van der Waals surface area contributed by atoms with Crippen LogP contribution in [0.15, 0.2) is 54.6 Å². The maximum Gasteiger partial charge on any atom is 0.127 e. The number of hydrogen-bond donors (Lipinski definition) is 0. The van der Waals surface area contributed by atoms with Gasteiger partial charge in [0.15, 0.2) is 0 Å². The van der Waals surface area contributed by atoms with E-state index in [1.54, 1.807) is 0 Å². The lowest BCUT2D eigenvalue weighted by molar-refractivity contribution is 0.118. The second-order valence-corrected chi connectivity index (χ2v) is 4.47. The Hall–Kier alpha value is -1.80. The highest BCUT2D eigenvalue weighted by molar-refractivity contribution is 5.33. The van der Waals surface area contributed by atoms with Crippen molar-refractivity contribution in [1.29, 1.82) is 0 Å². The molecule has 0 aromatic heterocycles. The molecule has 0 unspecified atom stereocenters. The molecule has 2 nitrogen and oxygen atoms in total. The number of benzene rings is 2. The van der Waals surface area contributed by atoms with Crippen LogP contribution in [0.3, 0.4) is 0 Å². The first-order valence-electron chi connectivity index (χ1n) is 6.78. The maximum atomic E-state index is 5.79. The first-order valence-corrected chi connectivity index (χ1v) is 6.78. The van der Waals surface area contributed by atoms with Gasteiger partial charge in [0.05, 0.1) is 6.61 Å². The predicted octanol–water partition coefficient (Wildman–Crippen LogP) is 4.80. The van der Waals surface area contributed by atoms with E-state index in [0.29, 0.717) is 6.61 Å². The second-order valence-electron chi connectivity index (χ2n) is 4.47. The van der Waals surface area contributed by atoms with E-state index in [9.17, 15) is 0 Å². The lowest BCUT2D eigenvalue weighted by atomic mass is 10.2. The fourth-order valence-corrected chi connectivity index (χ4v) is 1.76. The Labute approximate surface area is 115 Å². The van der Waals surface area contributed by atoms with Gasteiger partial charge in [-0.05, 0) is 36.2 Å². The van der Waals surface area contributed by atoms with E-state index in [4.69, 9.17) is 9.47 Å². The molecule has 2 rings (SSSR count). The number of para-hydroxylation sites is 1. The SMILES string of the molecule is CCCCOCc1cccc(Oc2ccccc2)c1. The molecule has 100 valence electrons. The summed E-state index contributed by atoms with van der Waals surface area (Å²) in [6.07, 6.45) is 2.28. The molecule has 0 aliphatic heterocycles. The molecular weight excluding hydrogens is 236 g/mol. The highest BCUT2D eigenvalue weighted by Gasteiger charge is 1.99. The highest BCUT2D eigenvalue weighted by Crippen LogP contribution is 2.22. The molecule has 19 heavy (non-hydrogen) atoms. The quantitative estimate of drug-likeness (QED) is 0.663. The molecule has 0 amide bonds. The Kier molecular flexibility index (Phi) is 5.45. The van der Waals surface area contributed by atoms with Gasteiger partial charge in [0.25, 0.3) is 0 Å². The molecular formula is C17H20O2. The van der Waals surface area contributed by atoms with Gasteiger partial charge in [-0.1, -0.05) is 43.7 Å². The van der Waals surface area contributed by atoms with Crippen LogP contribution in [0.25, 0.3) is 0 Å². The van der Waals surface area contributed by atoms with Crippen LogP contribution in [0, 0.1) is 0 Å². The summed E-state index contributed by atoms with van der Waals surface area (Å²) in [6, 6.07) is 17.8. The lowest BCUT2D eigenvalue weighted by Gasteiger charge is -2.08. The van der Waals surface area contributed by atoms with Crippen molar-refractivity contribution in [3.63, 3.8) is 0 Å². The van der Waals surface area contributed by atoms with E-state index < -0.39 is 0 Å². The van der Waals surface area contributed by atoms with Crippen molar-refractivity contribution in [3.05, 3.63) is 60.2 Å². The topological polar surface area (TPSA) is 18.5 Å². The highest BCUT2D eigenvalue weighted by atomic mass is 16.5. The minimum atomic E-state index is 0.645. The van der Waals surface area contributed by atoms with Gasteiger partial charge in [-0.15, -0.1) is 0 Å². The standard InChI is InChI=1S/C17H20O2/c1-2-3-12-18-14-15-8-7-11-17(13-15)19-16-9-5-4-6-10-16/h4-11,13H,2-3,12,14H2,1H3. The third kappa shape index (κ3) is 4.76. The fourth-order valence-electron chi connectivity index (χ4n) is 1.76. The van der Waals surface area contributed by atoms with Gasteiger partial charge >= 0.3 is 0 Å². The maximum absolute atomic E-state index is 5.79. The van der Waals surface area contributed by atoms with Gasteiger partial charge in [0.2, 0.25) is 0 Å². The summed E-state index contributed by atoms with van der Waals surface area (Å²) < 4.78 is 11.4. The zero-order chi connectivity index (χ0) is 13.3. The molecule has 0 radical (unpaired) electrons. The van der Waals surface area contributed by atoms with Crippen molar-refractivity contribution in [2.45, 2.75) is 26.4 Å². The molecule has 2 aromatic carbocycles. The molecule has 2 aromatic rings. The second kappa shape index (κ2) is 7.59. The normalized spacial score (nSPS) is 10.4. The fraction of sp³-hybridized carbons (Fsp3) is 0.294. The zero-order valence-corrected chi connectivity index (χ0v) is 11.3. The number of ether oxygens (including phenoxy) is 2. The van der Waals surface area contributed by atoms with E-state index in [-0.39, 0.29) is 0 Å². The van der Waals surface area contributed by atoms with E-state index in [0.717, 1.165) is 36.5 Å². The van der Waals surface area contributed by atoms with E-state index >= 15 is 0 Å². The van der Waals surface area contributed by atoms with Crippen LogP contribution in [0.2, 0.25) is 0 Å². The molecule has 0 heterocycles. The van der Waals surface area contributed by atoms with Gasteiger partial charge in [0, 0.05) is 6.61 Å². The Morgan fingerprint density at radius 1 is 0.895 bits per heavy atom. The van der Waals surface area contributed by atoms with Gasteiger partial charge in [0.1, 0.15) is 11.5 Å². The first kappa shape index (κ1) is 13.6. The lowest BCUT2D eigenvalue weighted by Crippen LogP contribution is -1.95. The molecule has 0 spiro atoms. The first-order chi connectivity index (χ1) is 9.38. The summed E-state index contributed by atoms with van der Waals surface area (Å²) in [7, 11) is 0. The van der Waals surface area contributed by atoms with Crippen molar-refractivity contribution < 1.29 is 9.47 Å². The van der Waals surface area contributed by atoms with Crippen LogP contribution in [0.4, 0.5) is 0 Å².